The smallest absolute Gasteiger partial charge is 0.264 e. The number of nitrogens with zero attached hydrogens (tertiary/aromatic N) is 2. The molecule has 1 aliphatic rings. The molecule has 42 heavy (non-hydrogen) atoms. The summed E-state index contributed by atoms with van der Waals surface area (Å²) in [6.45, 7) is 1.49. The summed E-state index contributed by atoms with van der Waals surface area (Å²) in [6.07, 6.45) is 4.75. The fourth-order valence-electron chi connectivity index (χ4n) is 5.27. The highest BCUT2D eigenvalue weighted by atomic mass is 32.2. The third kappa shape index (κ3) is 7.67. The van der Waals surface area contributed by atoms with Gasteiger partial charge in [-0.25, -0.2) is 12.8 Å². The number of hydrogen-bond acceptors (Lipinski definition) is 5. The van der Waals surface area contributed by atoms with Gasteiger partial charge >= 0.3 is 0 Å². The average molecular weight is 596 g/mol. The molecule has 1 N–H and O–H groups in total. The lowest BCUT2D eigenvalue weighted by Gasteiger charge is -2.33. The number of rotatable bonds is 13. The third-order valence-electron chi connectivity index (χ3n) is 7.61. The van der Waals surface area contributed by atoms with Crippen molar-refractivity contribution >= 4 is 27.5 Å². The Hall–Kier alpha value is -3.92. The van der Waals surface area contributed by atoms with E-state index >= 15 is 0 Å². The van der Waals surface area contributed by atoms with Gasteiger partial charge in [-0.3, -0.25) is 13.9 Å². The Balaban J connectivity index is 1.67. The van der Waals surface area contributed by atoms with E-state index in [1.165, 1.54) is 48.4 Å². The number of hydrogen-bond donors (Lipinski definition) is 1. The Kier molecular flexibility index (Phi) is 10.6. The second kappa shape index (κ2) is 14.3. The molecule has 0 heterocycles. The average Bonchev–Trinajstić information content (AvgIpc) is 3.52. The van der Waals surface area contributed by atoms with Crippen LogP contribution in [0, 0.1) is 5.82 Å². The highest BCUT2D eigenvalue weighted by Crippen LogP contribution is 2.26. The predicted molar refractivity (Wildman–Crippen MR) is 160 cm³/mol. The lowest BCUT2D eigenvalue weighted by atomic mass is 10.1. The van der Waals surface area contributed by atoms with Crippen LogP contribution in [0.3, 0.4) is 0 Å². The van der Waals surface area contributed by atoms with E-state index in [-0.39, 0.29) is 29.1 Å². The first-order valence-electron chi connectivity index (χ1n) is 14.3. The maximum Gasteiger partial charge on any atom is 0.264 e. The summed E-state index contributed by atoms with van der Waals surface area (Å²) < 4.78 is 47.7. The van der Waals surface area contributed by atoms with Crippen LogP contribution < -0.4 is 14.4 Å². The van der Waals surface area contributed by atoms with E-state index in [2.05, 4.69) is 5.32 Å². The van der Waals surface area contributed by atoms with E-state index in [9.17, 15) is 22.4 Å². The SMILES string of the molecule is CC[C@H](C(=O)NC1CCCC1)N(CCc1ccccc1)C(=O)CN(c1ccc(F)cc1)S(=O)(=O)c1ccc(OC)cc1. The maximum atomic E-state index is 14.1. The van der Waals surface area contributed by atoms with Crippen LogP contribution in [0.4, 0.5) is 10.1 Å². The fourth-order valence-corrected chi connectivity index (χ4v) is 6.69. The normalized spacial score (nSPS) is 14.3. The van der Waals surface area contributed by atoms with E-state index in [1.54, 1.807) is 0 Å². The summed E-state index contributed by atoms with van der Waals surface area (Å²) >= 11 is 0. The lowest BCUT2D eigenvalue weighted by Crippen LogP contribution is -2.54. The van der Waals surface area contributed by atoms with Gasteiger partial charge < -0.3 is 15.0 Å². The van der Waals surface area contributed by atoms with Crippen molar-refractivity contribution in [3.8, 4) is 5.75 Å². The van der Waals surface area contributed by atoms with Gasteiger partial charge in [-0.15, -0.1) is 0 Å². The minimum atomic E-state index is -4.25. The zero-order valence-corrected chi connectivity index (χ0v) is 24.9. The first-order chi connectivity index (χ1) is 20.2. The number of nitrogens with one attached hydrogen (secondary N) is 1. The number of halogens is 1. The van der Waals surface area contributed by atoms with Gasteiger partial charge in [0.2, 0.25) is 11.8 Å². The highest BCUT2D eigenvalue weighted by molar-refractivity contribution is 7.92. The van der Waals surface area contributed by atoms with Crippen molar-refractivity contribution in [2.75, 3.05) is 24.5 Å². The molecular formula is C32H38FN3O5S. The Bertz CT molecular complexity index is 1430. The van der Waals surface area contributed by atoms with Crippen LogP contribution in [0.15, 0.2) is 83.8 Å². The number of carbonyl (C=O) groups is 2. The van der Waals surface area contributed by atoms with Crippen LogP contribution in [0.5, 0.6) is 5.75 Å². The molecule has 4 rings (SSSR count). The Morgan fingerprint density at radius 2 is 1.62 bits per heavy atom. The third-order valence-corrected chi connectivity index (χ3v) is 9.40. The molecule has 2 amide bonds. The molecule has 8 nitrogen and oxygen atoms in total. The molecule has 1 fully saturated rings. The molecule has 0 bridgehead atoms. The quantitative estimate of drug-likeness (QED) is 0.302. The first-order valence-corrected chi connectivity index (χ1v) is 15.7. The molecule has 1 atom stereocenters. The Morgan fingerprint density at radius 3 is 2.21 bits per heavy atom. The molecule has 0 aliphatic heterocycles. The lowest BCUT2D eigenvalue weighted by molar-refractivity contribution is -0.139. The Morgan fingerprint density at radius 1 is 0.976 bits per heavy atom. The minimum Gasteiger partial charge on any atom is -0.497 e. The summed E-state index contributed by atoms with van der Waals surface area (Å²) in [5, 5.41) is 3.10. The fraction of sp³-hybridized carbons (Fsp3) is 0.375. The van der Waals surface area contributed by atoms with Gasteiger partial charge in [0.05, 0.1) is 17.7 Å². The van der Waals surface area contributed by atoms with E-state index in [0.717, 1.165) is 47.7 Å². The molecule has 1 saturated carbocycles. The zero-order chi connectivity index (χ0) is 30.1. The first kappa shape index (κ1) is 31.0. The molecule has 0 aromatic heterocycles. The molecule has 224 valence electrons. The van der Waals surface area contributed by atoms with Crippen molar-refractivity contribution in [2.45, 2.75) is 62.4 Å². The van der Waals surface area contributed by atoms with E-state index in [0.29, 0.717) is 18.6 Å². The van der Waals surface area contributed by atoms with Gasteiger partial charge in [0.25, 0.3) is 10.0 Å². The van der Waals surface area contributed by atoms with E-state index < -0.39 is 34.3 Å². The topological polar surface area (TPSA) is 96.0 Å². The van der Waals surface area contributed by atoms with E-state index in [4.69, 9.17) is 4.74 Å². The molecule has 1 aliphatic carbocycles. The van der Waals surface area contributed by atoms with Crippen LogP contribution in [-0.4, -0.2) is 57.4 Å². The largest absolute Gasteiger partial charge is 0.497 e. The number of amides is 2. The Labute approximate surface area is 247 Å². The molecule has 0 radical (unpaired) electrons. The van der Waals surface area contributed by atoms with Gasteiger partial charge in [0.1, 0.15) is 24.2 Å². The molecule has 3 aromatic rings. The predicted octanol–water partition coefficient (Wildman–Crippen LogP) is 4.94. The van der Waals surface area contributed by atoms with Crippen LogP contribution in [0.1, 0.15) is 44.6 Å². The molecule has 0 unspecified atom stereocenters. The van der Waals surface area contributed by atoms with Crippen LogP contribution in [0.25, 0.3) is 0 Å². The molecule has 3 aromatic carbocycles. The van der Waals surface area contributed by atoms with Crippen molar-refractivity contribution in [1.82, 2.24) is 10.2 Å². The molecule has 10 heteroatoms. The van der Waals surface area contributed by atoms with Crippen LogP contribution in [0.2, 0.25) is 0 Å². The number of sulfonamides is 1. The highest BCUT2D eigenvalue weighted by Gasteiger charge is 2.34. The summed E-state index contributed by atoms with van der Waals surface area (Å²) in [6, 6.07) is 19.7. The molecule has 0 saturated heterocycles. The van der Waals surface area contributed by atoms with Gasteiger partial charge in [-0.1, -0.05) is 50.1 Å². The van der Waals surface area contributed by atoms with Gasteiger partial charge in [0.15, 0.2) is 0 Å². The summed E-state index contributed by atoms with van der Waals surface area (Å²) in [7, 11) is -2.78. The van der Waals surface area contributed by atoms with Gasteiger partial charge in [0, 0.05) is 12.6 Å². The van der Waals surface area contributed by atoms with Crippen LogP contribution in [-0.2, 0) is 26.0 Å². The van der Waals surface area contributed by atoms with Crippen molar-refractivity contribution in [3.63, 3.8) is 0 Å². The summed E-state index contributed by atoms with van der Waals surface area (Å²) in [5.74, 6) is -0.826. The maximum absolute atomic E-state index is 14.1. The number of benzene rings is 3. The van der Waals surface area contributed by atoms with Gasteiger partial charge in [-0.2, -0.15) is 0 Å². The zero-order valence-electron chi connectivity index (χ0n) is 24.0. The number of ether oxygens (including phenoxy) is 1. The summed E-state index contributed by atoms with van der Waals surface area (Å²) in [5.41, 5.74) is 1.12. The standard InChI is InChI=1S/C32H38FN3O5S/c1-3-30(32(38)34-26-11-7-8-12-26)35(22-21-24-9-5-4-6-10-24)31(37)23-36(27-15-13-25(33)14-16-27)42(39,40)29-19-17-28(41-2)18-20-29/h4-6,9-10,13-20,26,30H,3,7-8,11-12,21-23H2,1-2H3,(H,34,38)/t30-/m1/s1. The minimum absolute atomic E-state index is 0.0534. The molecular weight excluding hydrogens is 557 g/mol. The molecule has 0 spiro atoms. The van der Waals surface area contributed by atoms with Crippen molar-refractivity contribution in [3.05, 3.63) is 90.2 Å². The second-order valence-electron chi connectivity index (χ2n) is 10.4. The summed E-state index contributed by atoms with van der Waals surface area (Å²) in [4.78, 5) is 29.0. The van der Waals surface area contributed by atoms with Gasteiger partial charge in [-0.05, 0) is 79.8 Å². The van der Waals surface area contributed by atoms with Crippen LogP contribution >= 0.6 is 0 Å². The number of anilines is 1. The van der Waals surface area contributed by atoms with Crippen molar-refractivity contribution < 1.29 is 27.1 Å². The van der Waals surface area contributed by atoms with E-state index in [1.807, 2.05) is 37.3 Å². The van der Waals surface area contributed by atoms with Crippen molar-refractivity contribution in [1.29, 1.82) is 0 Å². The monoisotopic (exact) mass is 595 g/mol. The number of methoxy groups -OCH3 is 1. The second-order valence-corrected chi connectivity index (χ2v) is 12.3. The number of carbonyl (C=O) groups excluding carboxylic acids is 2. The van der Waals surface area contributed by atoms with Crippen molar-refractivity contribution in [2.24, 2.45) is 0 Å².